The average Bonchev–Trinajstić information content (AvgIpc) is 2.57. The van der Waals surface area contributed by atoms with E-state index in [4.69, 9.17) is 5.73 Å². The van der Waals surface area contributed by atoms with Crippen molar-refractivity contribution in [2.75, 3.05) is 18.0 Å². The van der Waals surface area contributed by atoms with E-state index in [0.29, 0.717) is 12.5 Å². The van der Waals surface area contributed by atoms with Gasteiger partial charge in [0.2, 0.25) is 0 Å². The molecule has 0 radical (unpaired) electrons. The molecule has 3 heteroatoms. The number of nitrogens with two attached hydrogens (primary N) is 1. The fourth-order valence-corrected chi connectivity index (χ4v) is 2.95. The summed E-state index contributed by atoms with van der Waals surface area (Å²) in [5, 5.41) is 0. The van der Waals surface area contributed by atoms with Crippen LogP contribution in [0.3, 0.4) is 0 Å². The second-order valence-electron chi connectivity index (χ2n) is 5.32. The highest BCUT2D eigenvalue weighted by molar-refractivity contribution is 5.51. The molecule has 1 fully saturated rings. The predicted octanol–water partition coefficient (Wildman–Crippen LogP) is 2.78. The normalized spacial score (nSPS) is 23.1. The van der Waals surface area contributed by atoms with Gasteiger partial charge in [-0.2, -0.15) is 0 Å². The van der Waals surface area contributed by atoms with Crippen LogP contribution in [-0.4, -0.2) is 18.6 Å². The van der Waals surface area contributed by atoms with Crippen LogP contribution < -0.4 is 10.6 Å². The monoisotopic (exact) mass is 236 g/mol. The van der Waals surface area contributed by atoms with Crippen molar-refractivity contribution in [3.8, 4) is 0 Å². The first kappa shape index (κ1) is 12.4. The third-order valence-electron chi connectivity index (χ3n) is 4.05. The lowest BCUT2D eigenvalue weighted by Crippen LogP contribution is -2.43. The van der Waals surface area contributed by atoms with Gasteiger partial charge in [-0.3, -0.25) is 0 Å². The summed E-state index contributed by atoms with van der Waals surface area (Å²) in [6.45, 7) is 6.00. The number of hydrogen-bond donors (Lipinski definition) is 1. The molecule has 0 aliphatic carbocycles. The van der Waals surface area contributed by atoms with Gasteiger partial charge in [0.15, 0.2) is 0 Å². The van der Waals surface area contributed by atoms with Gasteiger partial charge in [0.25, 0.3) is 0 Å². The summed E-state index contributed by atoms with van der Waals surface area (Å²) in [7, 11) is 0. The van der Waals surface area contributed by atoms with E-state index < -0.39 is 0 Å². The minimum atomic E-state index is -0.131. The number of anilines is 1. The lowest BCUT2D eigenvalue weighted by atomic mass is 9.85. The Bertz CT molecular complexity index is 390. The van der Waals surface area contributed by atoms with Crippen molar-refractivity contribution in [3.63, 3.8) is 0 Å². The standard InChI is InChI=1S/C14H21FN2/c1-14(2)11(7-9-16)8-10-17(14)13-6-4-3-5-12(13)15/h3-6,11H,7-10,16H2,1-2H3. The minimum Gasteiger partial charge on any atom is -0.364 e. The molecular weight excluding hydrogens is 215 g/mol. The summed E-state index contributed by atoms with van der Waals surface area (Å²) in [6.07, 6.45) is 2.11. The molecule has 1 atom stereocenters. The first-order valence-corrected chi connectivity index (χ1v) is 6.29. The fraction of sp³-hybridized carbons (Fsp3) is 0.571. The van der Waals surface area contributed by atoms with Gasteiger partial charge in [-0.05, 0) is 51.3 Å². The van der Waals surface area contributed by atoms with Crippen molar-refractivity contribution in [3.05, 3.63) is 30.1 Å². The van der Waals surface area contributed by atoms with Crippen molar-refractivity contribution in [2.24, 2.45) is 11.7 Å². The highest BCUT2D eigenvalue weighted by Gasteiger charge is 2.41. The third kappa shape index (κ3) is 2.16. The van der Waals surface area contributed by atoms with Gasteiger partial charge in [0.1, 0.15) is 5.82 Å². The molecule has 0 saturated carbocycles. The molecule has 0 amide bonds. The zero-order valence-electron chi connectivity index (χ0n) is 10.6. The summed E-state index contributed by atoms with van der Waals surface area (Å²) < 4.78 is 13.8. The van der Waals surface area contributed by atoms with Gasteiger partial charge in [-0.1, -0.05) is 12.1 Å². The summed E-state index contributed by atoms with van der Waals surface area (Å²) >= 11 is 0. The largest absolute Gasteiger partial charge is 0.364 e. The maximum Gasteiger partial charge on any atom is 0.146 e. The van der Waals surface area contributed by atoms with Crippen molar-refractivity contribution < 1.29 is 4.39 Å². The minimum absolute atomic E-state index is 0.0123. The van der Waals surface area contributed by atoms with Crippen molar-refractivity contribution in [1.29, 1.82) is 0 Å². The van der Waals surface area contributed by atoms with Crippen molar-refractivity contribution in [2.45, 2.75) is 32.2 Å². The van der Waals surface area contributed by atoms with E-state index in [1.807, 2.05) is 12.1 Å². The quantitative estimate of drug-likeness (QED) is 0.874. The molecule has 1 unspecified atom stereocenters. The van der Waals surface area contributed by atoms with Crippen LogP contribution in [0.15, 0.2) is 24.3 Å². The second-order valence-corrected chi connectivity index (χ2v) is 5.32. The van der Waals surface area contributed by atoms with Crippen LogP contribution in [-0.2, 0) is 0 Å². The van der Waals surface area contributed by atoms with E-state index >= 15 is 0 Å². The topological polar surface area (TPSA) is 29.3 Å². The van der Waals surface area contributed by atoms with Crippen LogP contribution in [0.4, 0.5) is 10.1 Å². The molecule has 0 aromatic heterocycles. The molecule has 2 N–H and O–H groups in total. The van der Waals surface area contributed by atoms with Gasteiger partial charge in [-0.25, -0.2) is 4.39 Å². The van der Waals surface area contributed by atoms with Gasteiger partial charge in [0, 0.05) is 12.1 Å². The zero-order valence-corrected chi connectivity index (χ0v) is 10.6. The number of para-hydroxylation sites is 1. The molecular formula is C14H21FN2. The molecule has 1 aliphatic rings. The molecule has 1 aromatic rings. The van der Waals surface area contributed by atoms with Gasteiger partial charge in [0.05, 0.1) is 5.69 Å². The Hall–Kier alpha value is -1.09. The summed E-state index contributed by atoms with van der Waals surface area (Å²) in [5.41, 5.74) is 6.36. The molecule has 0 bridgehead atoms. The highest BCUT2D eigenvalue weighted by atomic mass is 19.1. The van der Waals surface area contributed by atoms with Crippen LogP contribution in [0, 0.1) is 11.7 Å². The molecule has 0 spiro atoms. The number of halogens is 1. The zero-order chi connectivity index (χ0) is 12.5. The molecule has 94 valence electrons. The average molecular weight is 236 g/mol. The molecule has 17 heavy (non-hydrogen) atoms. The second kappa shape index (κ2) is 4.65. The Morgan fingerprint density at radius 2 is 2.12 bits per heavy atom. The van der Waals surface area contributed by atoms with Crippen molar-refractivity contribution in [1.82, 2.24) is 0 Å². The van der Waals surface area contributed by atoms with Crippen molar-refractivity contribution >= 4 is 5.69 Å². The summed E-state index contributed by atoms with van der Waals surface area (Å²) in [4.78, 5) is 2.18. The Morgan fingerprint density at radius 3 is 2.76 bits per heavy atom. The lowest BCUT2D eigenvalue weighted by molar-refractivity contribution is 0.347. The number of hydrogen-bond acceptors (Lipinski definition) is 2. The molecule has 1 aromatic carbocycles. The summed E-state index contributed by atoms with van der Waals surface area (Å²) in [5.74, 6) is 0.418. The number of rotatable bonds is 3. The van der Waals surface area contributed by atoms with Crippen LogP contribution in [0.25, 0.3) is 0 Å². The fourth-order valence-electron chi connectivity index (χ4n) is 2.95. The number of nitrogens with zero attached hydrogens (tertiary/aromatic N) is 1. The predicted molar refractivity (Wildman–Crippen MR) is 69.6 cm³/mol. The first-order valence-electron chi connectivity index (χ1n) is 6.29. The lowest BCUT2D eigenvalue weighted by Gasteiger charge is -2.38. The highest BCUT2D eigenvalue weighted by Crippen LogP contribution is 2.40. The Labute approximate surface area is 103 Å². The number of benzene rings is 1. The molecule has 2 rings (SSSR count). The molecule has 1 saturated heterocycles. The Balaban J connectivity index is 2.27. The van der Waals surface area contributed by atoms with Gasteiger partial charge in [-0.15, -0.1) is 0 Å². The first-order chi connectivity index (χ1) is 8.07. The Morgan fingerprint density at radius 1 is 1.41 bits per heavy atom. The van der Waals surface area contributed by atoms with Crippen LogP contribution in [0.5, 0.6) is 0 Å². The van der Waals surface area contributed by atoms with Crippen LogP contribution in [0.1, 0.15) is 26.7 Å². The maximum absolute atomic E-state index is 13.8. The molecule has 1 aliphatic heterocycles. The van der Waals surface area contributed by atoms with E-state index in [1.54, 1.807) is 6.07 Å². The van der Waals surface area contributed by atoms with E-state index in [1.165, 1.54) is 6.07 Å². The van der Waals surface area contributed by atoms with E-state index in [2.05, 4.69) is 18.7 Å². The third-order valence-corrected chi connectivity index (χ3v) is 4.05. The van der Waals surface area contributed by atoms with Gasteiger partial charge < -0.3 is 10.6 Å². The molecule has 1 heterocycles. The van der Waals surface area contributed by atoms with E-state index in [0.717, 1.165) is 25.1 Å². The van der Waals surface area contributed by atoms with Crippen LogP contribution in [0.2, 0.25) is 0 Å². The van der Waals surface area contributed by atoms with E-state index in [9.17, 15) is 4.39 Å². The Kier molecular flexibility index (Phi) is 3.38. The summed E-state index contributed by atoms with van der Waals surface area (Å²) in [6, 6.07) is 7.02. The smallest absolute Gasteiger partial charge is 0.146 e. The van der Waals surface area contributed by atoms with Gasteiger partial charge >= 0.3 is 0 Å². The maximum atomic E-state index is 13.8. The molecule has 2 nitrogen and oxygen atoms in total. The SMILES string of the molecule is CC1(C)C(CCN)CCN1c1ccccc1F. The van der Waals surface area contributed by atoms with Crippen LogP contribution >= 0.6 is 0 Å². The van der Waals surface area contributed by atoms with E-state index in [-0.39, 0.29) is 11.4 Å².